The third-order valence-corrected chi connectivity index (χ3v) is 5.60. The molecule has 1 aromatic carbocycles. The smallest absolute Gasteiger partial charge is 0.408 e. The molecule has 0 aromatic heterocycles. The third-order valence-electron chi connectivity index (χ3n) is 5.60. The lowest BCUT2D eigenvalue weighted by atomic mass is 10.0. The number of aryl methyl sites for hydroxylation is 1. The van der Waals surface area contributed by atoms with Crippen LogP contribution in [0.3, 0.4) is 0 Å². The topological polar surface area (TPSA) is 87.7 Å². The maximum atomic E-state index is 13.4. The second-order valence-corrected chi connectivity index (χ2v) is 10.2. The van der Waals surface area contributed by atoms with Gasteiger partial charge in [0.25, 0.3) is 0 Å². The molecule has 0 heterocycles. The van der Waals surface area contributed by atoms with E-state index in [1.54, 1.807) is 25.7 Å². The number of amides is 3. The summed E-state index contributed by atoms with van der Waals surface area (Å²) in [5, 5.41) is 5.60. The second kappa shape index (κ2) is 16.2. The van der Waals surface area contributed by atoms with Crippen LogP contribution in [0.25, 0.3) is 0 Å². The molecule has 7 nitrogen and oxygen atoms in total. The van der Waals surface area contributed by atoms with Gasteiger partial charge in [-0.1, -0.05) is 82.2 Å². The Balaban J connectivity index is 3.11. The zero-order chi connectivity index (χ0) is 26.3. The van der Waals surface area contributed by atoms with Crippen molar-refractivity contribution in [2.45, 2.75) is 105 Å². The number of carbonyl (C=O) groups is 3. The van der Waals surface area contributed by atoms with Crippen molar-refractivity contribution in [3.8, 4) is 0 Å². The van der Waals surface area contributed by atoms with Crippen LogP contribution in [-0.2, 0) is 14.3 Å². The van der Waals surface area contributed by atoms with Crippen molar-refractivity contribution in [1.29, 1.82) is 0 Å². The van der Waals surface area contributed by atoms with Gasteiger partial charge in [-0.3, -0.25) is 9.59 Å². The van der Waals surface area contributed by atoms with Gasteiger partial charge in [0, 0.05) is 13.1 Å². The summed E-state index contributed by atoms with van der Waals surface area (Å²) in [5.74, 6) is -0.493. The van der Waals surface area contributed by atoms with Gasteiger partial charge in [-0.05, 0) is 46.1 Å². The van der Waals surface area contributed by atoms with Crippen molar-refractivity contribution >= 4 is 17.9 Å². The van der Waals surface area contributed by atoms with Gasteiger partial charge in [-0.15, -0.1) is 0 Å². The first-order chi connectivity index (χ1) is 16.6. The predicted molar refractivity (Wildman–Crippen MR) is 141 cm³/mol. The van der Waals surface area contributed by atoms with Crippen LogP contribution in [0, 0.1) is 6.92 Å². The second-order valence-electron chi connectivity index (χ2n) is 10.2. The SMILES string of the molecule is CCCCCCCN(C(=O)CNC(=O)OC(C)(C)C)C(C(=O)NCCCCC)c1cccc(C)c1. The van der Waals surface area contributed by atoms with Gasteiger partial charge in [-0.2, -0.15) is 0 Å². The van der Waals surface area contributed by atoms with Crippen LogP contribution in [0.15, 0.2) is 24.3 Å². The van der Waals surface area contributed by atoms with E-state index in [2.05, 4.69) is 24.5 Å². The number of benzene rings is 1. The molecular formula is C28H47N3O4. The van der Waals surface area contributed by atoms with E-state index in [0.717, 1.165) is 62.5 Å². The van der Waals surface area contributed by atoms with Gasteiger partial charge in [-0.25, -0.2) is 4.79 Å². The van der Waals surface area contributed by atoms with Crippen molar-refractivity contribution in [3.05, 3.63) is 35.4 Å². The fraction of sp³-hybridized carbons (Fsp3) is 0.679. The van der Waals surface area contributed by atoms with Crippen molar-refractivity contribution in [2.24, 2.45) is 0 Å². The van der Waals surface area contributed by atoms with Gasteiger partial charge < -0.3 is 20.3 Å². The average molecular weight is 490 g/mol. The fourth-order valence-electron chi connectivity index (χ4n) is 3.84. The average Bonchev–Trinajstić information content (AvgIpc) is 2.78. The summed E-state index contributed by atoms with van der Waals surface area (Å²) in [6.07, 6.45) is 7.50. The van der Waals surface area contributed by atoms with Gasteiger partial charge in [0.1, 0.15) is 18.2 Å². The molecule has 0 bridgehead atoms. The largest absolute Gasteiger partial charge is 0.444 e. The summed E-state index contributed by atoms with van der Waals surface area (Å²) in [6.45, 7) is 12.4. The standard InChI is InChI=1S/C28H47N3O4/c1-7-9-11-12-14-19-31(24(32)21-30-27(34)35-28(4,5)6)25(23-17-15-16-22(3)20-23)26(33)29-18-13-10-8-2/h15-17,20,25H,7-14,18-19,21H2,1-6H3,(H,29,33)(H,30,34). The Kier molecular flexibility index (Phi) is 14.1. The number of alkyl carbamates (subject to hydrolysis) is 1. The van der Waals surface area contributed by atoms with Crippen LogP contribution >= 0.6 is 0 Å². The van der Waals surface area contributed by atoms with E-state index in [0.29, 0.717) is 13.1 Å². The Morgan fingerprint density at radius 3 is 2.23 bits per heavy atom. The lowest BCUT2D eigenvalue weighted by Crippen LogP contribution is -2.48. The van der Waals surface area contributed by atoms with Crippen molar-refractivity contribution < 1.29 is 19.1 Å². The fourth-order valence-corrected chi connectivity index (χ4v) is 3.84. The molecule has 0 aliphatic rings. The summed E-state index contributed by atoms with van der Waals surface area (Å²) in [4.78, 5) is 40.6. The maximum absolute atomic E-state index is 13.4. The van der Waals surface area contributed by atoms with E-state index < -0.39 is 17.7 Å². The number of unbranched alkanes of at least 4 members (excludes halogenated alkanes) is 6. The lowest BCUT2D eigenvalue weighted by molar-refractivity contribution is -0.140. The van der Waals surface area contributed by atoms with E-state index in [-0.39, 0.29) is 18.4 Å². The van der Waals surface area contributed by atoms with Crippen LogP contribution in [0.1, 0.15) is 103 Å². The van der Waals surface area contributed by atoms with Gasteiger partial charge in [0.15, 0.2) is 0 Å². The summed E-state index contributed by atoms with van der Waals surface area (Å²) in [6, 6.07) is 6.97. The van der Waals surface area contributed by atoms with E-state index in [9.17, 15) is 14.4 Å². The minimum atomic E-state index is -0.754. The number of nitrogens with one attached hydrogen (secondary N) is 2. The predicted octanol–water partition coefficient (Wildman–Crippen LogP) is 5.67. The van der Waals surface area contributed by atoms with Crippen molar-refractivity contribution in [1.82, 2.24) is 15.5 Å². The Labute approximate surface area is 212 Å². The van der Waals surface area contributed by atoms with Gasteiger partial charge in [0.2, 0.25) is 11.8 Å². The summed E-state index contributed by atoms with van der Waals surface area (Å²) in [5.41, 5.74) is 1.14. The van der Waals surface area contributed by atoms with Gasteiger partial charge >= 0.3 is 6.09 Å². The number of nitrogens with zero attached hydrogens (tertiary/aromatic N) is 1. The quantitative estimate of drug-likeness (QED) is 0.311. The molecule has 7 heteroatoms. The lowest BCUT2D eigenvalue weighted by Gasteiger charge is -2.32. The highest BCUT2D eigenvalue weighted by Crippen LogP contribution is 2.24. The first-order valence-electron chi connectivity index (χ1n) is 13.2. The number of hydrogen-bond donors (Lipinski definition) is 2. The highest BCUT2D eigenvalue weighted by molar-refractivity contribution is 5.90. The molecule has 0 saturated carbocycles. The molecule has 1 aromatic rings. The molecule has 2 N–H and O–H groups in total. The molecule has 1 atom stereocenters. The Morgan fingerprint density at radius 2 is 1.60 bits per heavy atom. The molecule has 0 saturated heterocycles. The van der Waals surface area contributed by atoms with Crippen LogP contribution in [0.4, 0.5) is 4.79 Å². The maximum Gasteiger partial charge on any atom is 0.408 e. The molecule has 35 heavy (non-hydrogen) atoms. The Bertz CT molecular complexity index is 789. The Hall–Kier alpha value is -2.57. The van der Waals surface area contributed by atoms with Gasteiger partial charge in [0.05, 0.1) is 0 Å². The number of rotatable bonds is 15. The molecule has 0 aliphatic carbocycles. The molecule has 0 aliphatic heterocycles. The molecule has 0 fully saturated rings. The number of carbonyl (C=O) groups excluding carboxylic acids is 3. The van der Waals surface area contributed by atoms with Crippen molar-refractivity contribution in [3.63, 3.8) is 0 Å². The normalized spacial score (nSPS) is 12.1. The van der Waals surface area contributed by atoms with Crippen LogP contribution < -0.4 is 10.6 Å². The number of hydrogen-bond acceptors (Lipinski definition) is 4. The van der Waals surface area contributed by atoms with E-state index in [1.807, 2.05) is 31.2 Å². The van der Waals surface area contributed by atoms with E-state index in [1.165, 1.54) is 0 Å². The molecule has 0 radical (unpaired) electrons. The molecule has 1 rings (SSSR count). The summed E-state index contributed by atoms with van der Waals surface area (Å²) in [7, 11) is 0. The van der Waals surface area contributed by atoms with Crippen LogP contribution in [0.5, 0.6) is 0 Å². The zero-order valence-corrected chi connectivity index (χ0v) is 22.7. The van der Waals surface area contributed by atoms with Crippen LogP contribution in [-0.4, -0.2) is 48.0 Å². The summed E-state index contributed by atoms with van der Waals surface area (Å²) < 4.78 is 5.28. The molecule has 198 valence electrons. The first kappa shape index (κ1) is 30.5. The molecule has 3 amide bonds. The highest BCUT2D eigenvalue weighted by Gasteiger charge is 2.31. The van der Waals surface area contributed by atoms with E-state index in [4.69, 9.17) is 4.74 Å². The van der Waals surface area contributed by atoms with Crippen molar-refractivity contribution in [2.75, 3.05) is 19.6 Å². The van der Waals surface area contributed by atoms with E-state index >= 15 is 0 Å². The molecule has 0 spiro atoms. The van der Waals surface area contributed by atoms with Crippen LogP contribution in [0.2, 0.25) is 0 Å². The monoisotopic (exact) mass is 489 g/mol. The number of ether oxygens (including phenoxy) is 1. The minimum absolute atomic E-state index is 0.189. The zero-order valence-electron chi connectivity index (χ0n) is 22.7. The first-order valence-corrected chi connectivity index (χ1v) is 13.2. The third kappa shape index (κ3) is 12.6. The summed E-state index contributed by atoms with van der Waals surface area (Å²) >= 11 is 0. The molecule has 1 unspecified atom stereocenters. The molecular weight excluding hydrogens is 442 g/mol. The Morgan fingerprint density at radius 1 is 0.943 bits per heavy atom. The highest BCUT2D eigenvalue weighted by atomic mass is 16.6. The minimum Gasteiger partial charge on any atom is -0.444 e.